The summed E-state index contributed by atoms with van der Waals surface area (Å²) in [6, 6.07) is 3.06. The number of phenols is 1. The summed E-state index contributed by atoms with van der Waals surface area (Å²) in [4.78, 5) is 36.1. The van der Waals surface area contributed by atoms with Crippen LogP contribution in [0.4, 0.5) is 4.39 Å². The fraction of sp³-hybridized carbons (Fsp3) is 0.545. The summed E-state index contributed by atoms with van der Waals surface area (Å²) in [6.45, 7) is 8.70. The number of amides is 1. The first-order valence-corrected chi connectivity index (χ1v) is 17.6. The fourth-order valence-electron chi connectivity index (χ4n) is 6.62. The molecule has 1 aliphatic carbocycles. The van der Waals surface area contributed by atoms with E-state index in [-0.39, 0.29) is 35.1 Å². The topological polar surface area (TPSA) is 131 Å². The van der Waals surface area contributed by atoms with Crippen LogP contribution in [-0.4, -0.2) is 99.6 Å². The number of thiazole rings is 2. The number of alkyl halides is 1. The number of allylic oxidation sites excluding steroid dienone is 3. The number of ether oxygens (including phenoxy) is 1. The summed E-state index contributed by atoms with van der Waals surface area (Å²) in [5, 5.41) is 26.7. The Kier molecular flexibility index (Phi) is 9.79. The molecule has 2 saturated heterocycles. The second kappa shape index (κ2) is 13.7. The maximum Gasteiger partial charge on any atom is 0.305 e. The van der Waals surface area contributed by atoms with Crippen LogP contribution in [0.25, 0.3) is 10.2 Å². The number of morpholine rings is 1. The number of aromatic hydroxyl groups is 1. The summed E-state index contributed by atoms with van der Waals surface area (Å²) in [6.07, 6.45) is 6.72. The summed E-state index contributed by atoms with van der Waals surface area (Å²) < 4.78 is 22.7. The Morgan fingerprint density at radius 1 is 1.26 bits per heavy atom. The normalized spacial score (nSPS) is 22.5. The maximum absolute atomic E-state index is 15.9. The number of fused-ring (bicyclic) bond motifs is 1. The van der Waals surface area contributed by atoms with E-state index < -0.39 is 11.8 Å². The number of aromatic nitrogens is 2. The minimum absolute atomic E-state index is 0.0210. The first-order chi connectivity index (χ1) is 22.0. The molecular weight excluding hydrogens is 630 g/mol. The van der Waals surface area contributed by atoms with Gasteiger partial charge in [0.1, 0.15) is 22.6 Å². The van der Waals surface area contributed by atoms with Crippen molar-refractivity contribution in [2.24, 2.45) is 0 Å². The summed E-state index contributed by atoms with van der Waals surface area (Å²) >= 11 is 2.48. The zero-order valence-corrected chi connectivity index (χ0v) is 27.9. The second-order valence-electron chi connectivity index (χ2n) is 13.0. The van der Waals surface area contributed by atoms with E-state index in [4.69, 9.17) is 4.74 Å². The Bertz CT molecular complexity index is 1670. The minimum Gasteiger partial charge on any atom is -0.506 e. The van der Waals surface area contributed by atoms with Gasteiger partial charge in [0, 0.05) is 56.0 Å². The van der Waals surface area contributed by atoms with Gasteiger partial charge >= 0.3 is 4.87 Å². The van der Waals surface area contributed by atoms with E-state index in [1.54, 1.807) is 18.2 Å². The fourth-order valence-corrected chi connectivity index (χ4v) is 8.35. The molecule has 0 saturated carbocycles. The molecule has 3 aliphatic rings. The molecule has 0 bridgehead atoms. The molecule has 13 heteroatoms. The smallest absolute Gasteiger partial charge is 0.305 e. The highest BCUT2D eigenvalue weighted by Gasteiger charge is 2.42. The monoisotopic (exact) mass is 671 g/mol. The predicted molar refractivity (Wildman–Crippen MR) is 179 cm³/mol. The van der Waals surface area contributed by atoms with Gasteiger partial charge in [-0.25, -0.2) is 9.37 Å². The number of aliphatic hydroxyl groups excluding tert-OH is 1. The van der Waals surface area contributed by atoms with Gasteiger partial charge in [-0.2, -0.15) is 0 Å². The van der Waals surface area contributed by atoms with E-state index in [0.717, 1.165) is 47.8 Å². The van der Waals surface area contributed by atoms with Crippen LogP contribution in [0.15, 0.2) is 46.1 Å². The molecule has 2 aromatic heterocycles. The molecule has 1 spiro atoms. The van der Waals surface area contributed by atoms with Crippen LogP contribution in [0.3, 0.4) is 0 Å². The maximum atomic E-state index is 15.9. The summed E-state index contributed by atoms with van der Waals surface area (Å²) in [5.41, 5.74) is 0.593. The standard InChI is InChI=1S/C33H42FN5O5S2/c1-21(2)29-36-24(19-45-29)30(42)39-14-15-44-33(20-39)9-12-38(13-10-33)18-22-4-3-7-32(34,16-22)8-11-35-17-26(41)23-5-6-25(40)27-28(23)46-31(43)37-27/h3-7,19,21,26,35,40-41H,8-18,20H2,1-2H3,(H,37,43)/t26-,32?/m0/s1. The molecule has 4 N–H and O–H groups in total. The lowest BCUT2D eigenvalue weighted by Crippen LogP contribution is -2.58. The van der Waals surface area contributed by atoms with Crippen molar-refractivity contribution in [2.45, 2.75) is 62.8 Å². The zero-order valence-electron chi connectivity index (χ0n) is 26.3. The molecule has 1 amide bonds. The van der Waals surface area contributed by atoms with Gasteiger partial charge in [-0.1, -0.05) is 49.0 Å². The highest BCUT2D eigenvalue weighted by molar-refractivity contribution is 7.16. The number of halogens is 1. The molecule has 2 atom stereocenters. The SMILES string of the molecule is CC(C)c1nc(C(=O)N2CCOC3(CCN(CC4=CC=CC(F)(CCNC[C@H](O)c5ccc(O)c6[nH]c(=O)sc56)C4)CC3)C2)cs1. The van der Waals surface area contributed by atoms with E-state index in [0.29, 0.717) is 66.6 Å². The molecule has 1 unspecified atom stereocenters. The van der Waals surface area contributed by atoms with Crippen LogP contribution >= 0.6 is 22.7 Å². The molecular formula is C33H42FN5O5S2. The minimum atomic E-state index is -1.48. The Morgan fingerprint density at radius 2 is 2.07 bits per heavy atom. The van der Waals surface area contributed by atoms with Crippen molar-refractivity contribution in [1.82, 2.24) is 25.1 Å². The number of aliphatic hydroxyl groups is 1. The number of nitrogens with one attached hydrogen (secondary N) is 2. The highest BCUT2D eigenvalue weighted by Crippen LogP contribution is 2.35. The molecule has 4 heterocycles. The Balaban J connectivity index is 0.955. The number of phenolic OH excluding ortho intramolecular Hbond substituents is 1. The number of H-pyrrole nitrogens is 1. The third-order valence-electron chi connectivity index (χ3n) is 9.21. The molecule has 0 radical (unpaired) electrons. The first-order valence-electron chi connectivity index (χ1n) is 15.9. The average molecular weight is 672 g/mol. The van der Waals surface area contributed by atoms with Crippen LogP contribution in [0, 0.1) is 0 Å². The lowest BCUT2D eigenvalue weighted by atomic mass is 9.86. The van der Waals surface area contributed by atoms with Crippen LogP contribution in [0.5, 0.6) is 5.75 Å². The Hall–Kier alpha value is -2.94. The Morgan fingerprint density at radius 3 is 2.83 bits per heavy atom. The number of carbonyl (C=O) groups is 1. The molecule has 3 aromatic rings. The van der Waals surface area contributed by atoms with E-state index in [2.05, 4.69) is 34.0 Å². The summed E-state index contributed by atoms with van der Waals surface area (Å²) in [7, 11) is 0. The van der Waals surface area contributed by atoms with Gasteiger partial charge < -0.3 is 30.2 Å². The molecule has 248 valence electrons. The van der Waals surface area contributed by atoms with Gasteiger partial charge in [0.15, 0.2) is 0 Å². The molecule has 46 heavy (non-hydrogen) atoms. The van der Waals surface area contributed by atoms with Crippen molar-refractivity contribution >= 4 is 38.8 Å². The number of hydrogen-bond acceptors (Lipinski definition) is 10. The van der Waals surface area contributed by atoms with Crippen molar-refractivity contribution in [2.75, 3.05) is 52.4 Å². The van der Waals surface area contributed by atoms with Crippen LogP contribution in [0.1, 0.15) is 72.6 Å². The largest absolute Gasteiger partial charge is 0.506 e. The van der Waals surface area contributed by atoms with Crippen molar-refractivity contribution in [3.05, 3.63) is 67.2 Å². The number of rotatable bonds is 10. The van der Waals surface area contributed by atoms with Gasteiger partial charge in [-0.15, -0.1) is 11.3 Å². The number of aromatic amines is 1. The van der Waals surface area contributed by atoms with Crippen molar-refractivity contribution in [3.8, 4) is 5.75 Å². The molecule has 1 aromatic carbocycles. The Labute approximate surface area is 275 Å². The van der Waals surface area contributed by atoms with Crippen LogP contribution in [0.2, 0.25) is 0 Å². The number of nitrogens with zero attached hydrogens (tertiary/aromatic N) is 3. The lowest BCUT2D eigenvalue weighted by molar-refractivity contribution is -0.126. The van der Waals surface area contributed by atoms with Gasteiger partial charge in [0.2, 0.25) is 0 Å². The van der Waals surface area contributed by atoms with E-state index in [9.17, 15) is 19.8 Å². The van der Waals surface area contributed by atoms with Crippen molar-refractivity contribution in [3.63, 3.8) is 0 Å². The second-order valence-corrected chi connectivity index (χ2v) is 14.9. The van der Waals surface area contributed by atoms with Crippen LogP contribution < -0.4 is 10.2 Å². The first kappa shape index (κ1) is 33.0. The van der Waals surface area contributed by atoms with E-state index in [1.165, 1.54) is 17.4 Å². The third-order valence-corrected chi connectivity index (χ3v) is 11.3. The van der Waals surface area contributed by atoms with Gasteiger partial charge in [-0.3, -0.25) is 14.5 Å². The lowest BCUT2D eigenvalue weighted by Gasteiger charge is -2.47. The molecule has 6 rings (SSSR count). The van der Waals surface area contributed by atoms with Crippen molar-refractivity contribution < 1.29 is 24.1 Å². The highest BCUT2D eigenvalue weighted by atomic mass is 32.1. The summed E-state index contributed by atoms with van der Waals surface area (Å²) in [5.74, 6) is 0.236. The van der Waals surface area contributed by atoms with Crippen LogP contribution in [-0.2, 0) is 4.74 Å². The van der Waals surface area contributed by atoms with Gasteiger partial charge in [-0.05, 0) is 37.9 Å². The average Bonchev–Trinajstić information content (AvgIpc) is 3.68. The van der Waals surface area contributed by atoms with E-state index >= 15 is 4.39 Å². The molecule has 2 fully saturated rings. The third kappa shape index (κ3) is 7.29. The number of hydrogen-bond donors (Lipinski definition) is 4. The quantitative estimate of drug-likeness (QED) is 0.232. The molecule has 2 aliphatic heterocycles. The number of benzene rings is 1. The van der Waals surface area contributed by atoms with E-state index in [1.807, 2.05) is 16.4 Å². The number of piperidine rings is 1. The van der Waals surface area contributed by atoms with Gasteiger partial charge in [0.25, 0.3) is 5.91 Å². The van der Waals surface area contributed by atoms with Crippen molar-refractivity contribution in [1.29, 1.82) is 0 Å². The van der Waals surface area contributed by atoms with Gasteiger partial charge in [0.05, 0.1) is 34.6 Å². The zero-order chi connectivity index (χ0) is 32.5. The number of likely N-dealkylation sites (tertiary alicyclic amines) is 1. The number of carbonyl (C=O) groups excluding carboxylic acids is 1. The predicted octanol–water partition coefficient (Wildman–Crippen LogP) is 4.49. The molecule has 10 nitrogen and oxygen atoms in total.